The molecule has 148 valence electrons. The predicted octanol–water partition coefficient (Wildman–Crippen LogP) is 4.51. The molecule has 1 saturated carbocycles. The minimum atomic E-state index is -4.25. The fraction of sp³-hybridized carbons (Fsp3) is 0.500. The largest absolute Gasteiger partial charge is 0.276 e. The lowest BCUT2D eigenvalue weighted by Gasteiger charge is -2.18. The Labute approximate surface area is 156 Å². The summed E-state index contributed by atoms with van der Waals surface area (Å²) in [6, 6.07) is 1.64. The standard InChI is InChI=1S/C18H22F3N3O2S/c1-18(2,3)17-14(10-24(22-17)11-6-4-5-7-11)27(25,26)23-13-9-8-12(19)15(20)16(13)21/h8-11,23H,4-7H2,1-3H3. The average Bonchev–Trinajstić information content (AvgIpc) is 3.23. The normalized spacial score (nSPS) is 16.1. The van der Waals surface area contributed by atoms with E-state index in [1.807, 2.05) is 25.5 Å². The van der Waals surface area contributed by atoms with Crippen molar-refractivity contribution in [1.29, 1.82) is 0 Å². The smallest absolute Gasteiger partial charge is 0.265 e. The lowest BCUT2D eigenvalue weighted by atomic mass is 9.92. The van der Waals surface area contributed by atoms with Gasteiger partial charge >= 0.3 is 0 Å². The Hall–Kier alpha value is -2.03. The number of hydrogen-bond donors (Lipinski definition) is 1. The molecule has 3 rings (SSSR count). The Bertz CT molecular complexity index is 959. The van der Waals surface area contributed by atoms with Crippen molar-refractivity contribution in [1.82, 2.24) is 9.78 Å². The van der Waals surface area contributed by atoms with Crippen LogP contribution in [0, 0.1) is 17.5 Å². The van der Waals surface area contributed by atoms with Gasteiger partial charge in [0.05, 0.1) is 17.4 Å². The average molecular weight is 401 g/mol. The first kappa shape index (κ1) is 19.7. The quantitative estimate of drug-likeness (QED) is 0.767. The molecule has 5 nitrogen and oxygen atoms in total. The first-order chi connectivity index (χ1) is 12.5. The highest BCUT2D eigenvalue weighted by atomic mass is 32.2. The molecule has 1 aliphatic rings. The van der Waals surface area contributed by atoms with Gasteiger partial charge in [0.2, 0.25) is 0 Å². The molecule has 0 unspecified atom stereocenters. The predicted molar refractivity (Wildman–Crippen MR) is 95.6 cm³/mol. The van der Waals surface area contributed by atoms with Gasteiger partial charge in [-0.15, -0.1) is 0 Å². The molecule has 1 heterocycles. The molecule has 1 N–H and O–H groups in total. The van der Waals surface area contributed by atoms with Crippen molar-refractivity contribution in [3.8, 4) is 0 Å². The van der Waals surface area contributed by atoms with Gasteiger partial charge in [-0.05, 0) is 25.0 Å². The van der Waals surface area contributed by atoms with Gasteiger partial charge in [-0.25, -0.2) is 21.6 Å². The summed E-state index contributed by atoms with van der Waals surface area (Å²) in [5.41, 5.74) is -0.896. The second-order valence-corrected chi connectivity index (χ2v) is 9.49. The molecule has 27 heavy (non-hydrogen) atoms. The number of nitrogens with zero attached hydrogens (tertiary/aromatic N) is 2. The van der Waals surface area contributed by atoms with Crippen LogP contribution in [0.4, 0.5) is 18.9 Å². The highest BCUT2D eigenvalue weighted by molar-refractivity contribution is 7.92. The van der Waals surface area contributed by atoms with Crippen molar-refractivity contribution in [3.05, 3.63) is 41.5 Å². The number of nitrogens with one attached hydrogen (secondary N) is 1. The van der Waals surface area contributed by atoms with Crippen molar-refractivity contribution < 1.29 is 21.6 Å². The van der Waals surface area contributed by atoms with Gasteiger partial charge in [-0.2, -0.15) is 5.10 Å². The number of rotatable bonds is 4. The van der Waals surface area contributed by atoms with Crippen LogP contribution < -0.4 is 4.72 Å². The first-order valence-electron chi connectivity index (χ1n) is 8.76. The summed E-state index contributed by atoms with van der Waals surface area (Å²) in [6.45, 7) is 5.47. The molecule has 1 fully saturated rings. The van der Waals surface area contributed by atoms with Gasteiger partial charge in [-0.3, -0.25) is 9.40 Å². The van der Waals surface area contributed by atoms with Gasteiger partial charge in [0.1, 0.15) is 4.90 Å². The van der Waals surface area contributed by atoms with Crippen LogP contribution in [-0.2, 0) is 15.4 Å². The van der Waals surface area contributed by atoms with E-state index in [0.717, 1.165) is 31.7 Å². The number of benzene rings is 1. The zero-order valence-corrected chi connectivity index (χ0v) is 16.2. The Balaban J connectivity index is 2.04. The molecule has 0 spiro atoms. The lowest BCUT2D eigenvalue weighted by molar-refractivity contribution is 0.448. The molecular formula is C18H22F3N3O2S. The second-order valence-electron chi connectivity index (χ2n) is 7.84. The number of sulfonamides is 1. The maximum absolute atomic E-state index is 13.9. The second kappa shape index (κ2) is 6.85. The molecular weight excluding hydrogens is 379 g/mol. The third-order valence-corrected chi connectivity index (χ3v) is 6.04. The molecule has 0 atom stereocenters. The molecule has 1 aromatic carbocycles. The maximum atomic E-state index is 13.9. The molecule has 0 radical (unpaired) electrons. The van der Waals surface area contributed by atoms with Crippen LogP contribution in [0.2, 0.25) is 0 Å². The zero-order chi connectivity index (χ0) is 20.0. The fourth-order valence-corrected chi connectivity index (χ4v) is 4.66. The highest BCUT2D eigenvalue weighted by Crippen LogP contribution is 2.34. The van der Waals surface area contributed by atoms with Crippen molar-refractivity contribution in [2.75, 3.05) is 4.72 Å². The summed E-state index contributed by atoms with van der Waals surface area (Å²) in [5, 5.41) is 4.50. The molecule has 9 heteroatoms. The minimum absolute atomic E-state index is 0.0916. The van der Waals surface area contributed by atoms with Crippen LogP contribution in [-0.4, -0.2) is 18.2 Å². The Kier molecular flexibility index (Phi) is 5.00. The molecule has 0 saturated heterocycles. The van der Waals surface area contributed by atoms with Crippen LogP contribution in [0.5, 0.6) is 0 Å². The maximum Gasteiger partial charge on any atom is 0.265 e. The summed E-state index contributed by atoms with van der Waals surface area (Å²) >= 11 is 0. The minimum Gasteiger partial charge on any atom is -0.276 e. The SMILES string of the molecule is CC(C)(C)c1nn(C2CCCC2)cc1S(=O)(=O)Nc1ccc(F)c(F)c1F. The summed E-state index contributed by atoms with van der Waals surface area (Å²) < 4.78 is 70.0. The van der Waals surface area contributed by atoms with E-state index in [-0.39, 0.29) is 10.9 Å². The Morgan fingerprint density at radius 2 is 1.74 bits per heavy atom. The number of halogens is 3. The topological polar surface area (TPSA) is 64.0 Å². The van der Waals surface area contributed by atoms with Crippen molar-refractivity contribution in [2.24, 2.45) is 0 Å². The van der Waals surface area contributed by atoms with Crippen LogP contribution in [0.15, 0.2) is 23.2 Å². The van der Waals surface area contributed by atoms with Crippen molar-refractivity contribution >= 4 is 15.7 Å². The summed E-state index contributed by atoms with van der Waals surface area (Å²) in [4.78, 5) is -0.0916. The Morgan fingerprint density at radius 3 is 2.33 bits per heavy atom. The monoisotopic (exact) mass is 401 g/mol. The van der Waals surface area contributed by atoms with E-state index in [1.165, 1.54) is 6.20 Å². The summed E-state index contributed by atoms with van der Waals surface area (Å²) in [5.74, 6) is -4.70. The van der Waals surface area contributed by atoms with Gasteiger partial charge in [-0.1, -0.05) is 33.6 Å². The molecule has 0 bridgehead atoms. The zero-order valence-electron chi connectivity index (χ0n) is 15.4. The number of anilines is 1. The molecule has 1 aliphatic carbocycles. The van der Waals surface area contributed by atoms with E-state index in [2.05, 4.69) is 5.10 Å². The van der Waals surface area contributed by atoms with E-state index >= 15 is 0 Å². The molecule has 0 aliphatic heterocycles. The Morgan fingerprint density at radius 1 is 1.11 bits per heavy atom. The summed E-state index contributed by atoms with van der Waals surface area (Å²) in [7, 11) is -4.25. The van der Waals surface area contributed by atoms with Gasteiger partial charge in [0.25, 0.3) is 10.0 Å². The number of hydrogen-bond acceptors (Lipinski definition) is 3. The molecule has 2 aromatic rings. The van der Waals surface area contributed by atoms with Crippen molar-refractivity contribution in [2.45, 2.75) is 62.8 Å². The lowest BCUT2D eigenvalue weighted by Crippen LogP contribution is -2.21. The molecule has 1 aromatic heterocycles. The van der Waals surface area contributed by atoms with Crippen LogP contribution in [0.1, 0.15) is 58.2 Å². The van der Waals surface area contributed by atoms with Gasteiger partial charge in [0.15, 0.2) is 17.5 Å². The van der Waals surface area contributed by atoms with E-state index in [0.29, 0.717) is 11.8 Å². The fourth-order valence-electron chi connectivity index (χ4n) is 3.25. The van der Waals surface area contributed by atoms with E-state index in [1.54, 1.807) is 4.68 Å². The van der Waals surface area contributed by atoms with Gasteiger partial charge < -0.3 is 0 Å². The number of aromatic nitrogens is 2. The molecule has 0 amide bonds. The van der Waals surface area contributed by atoms with E-state index in [9.17, 15) is 21.6 Å². The third kappa shape index (κ3) is 3.83. The van der Waals surface area contributed by atoms with Gasteiger partial charge in [0, 0.05) is 11.6 Å². The summed E-state index contributed by atoms with van der Waals surface area (Å²) in [6.07, 6.45) is 5.37. The first-order valence-corrected chi connectivity index (χ1v) is 10.2. The van der Waals surface area contributed by atoms with Crippen molar-refractivity contribution in [3.63, 3.8) is 0 Å². The van der Waals surface area contributed by atoms with Crippen LogP contribution in [0.25, 0.3) is 0 Å². The highest BCUT2D eigenvalue weighted by Gasteiger charge is 2.32. The van der Waals surface area contributed by atoms with Crippen LogP contribution in [0.3, 0.4) is 0 Å². The van der Waals surface area contributed by atoms with E-state index < -0.39 is 38.6 Å². The third-order valence-electron chi connectivity index (χ3n) is 4.68. The van der Waals surface area contributed by atoms with E-state index in [4.69, 9.17) is 0 Å². The van der Waals surface area contributed by atoms with Crippen LogP contribution >= 0.6 is 0 Å².